The van der Waals surface area contributed by atoms with Crippen LogP contribution in [0.3, 0.4) is 0 Å². The molecule has 1 unspecified atom stereocenters. The van der Waals surface area contributed by atoms with Crippen molar-refractivity contribution in [3.8, 4) is 0 Å². The fraction of sp³-hybridized carbons (Fsp3) is 0.350. The number of hydrogen-bond acceptors (Lipinski definition) is 3. The van der Waals surface area contributed by atoms with Crippen LogP contribution < -0.4 is 5.73 Å². The molecule has 1 amide bonds. The number of benzene rings is 2. The van der Waals surface area contributed by atoms with Crippen molar-refractivity contribution in [2.75, 3.05) is 31.9 Å². The van der Waals surface area contributed by atoms with Gasteiger partial charge >= 0.3 is 0 Å². The van der Waals surface area contributed by atoms with Gasteiger partial charge < -0.3 is 15.5 Å². The van der Waals surface area contributed by atoms with Gasteiger partial charge in [0.15, 0.2) is 0 Å². The van der Waals surface area contributed by atoms with Crippen molar-refractivity contribution in [3.05, 3.63) is 65.2 Å². The van der Waals surface area contributed by atoms with Crippen LogP contribution in [0.5, 0.6) is 0 Å². The lowest BCUT2D eigenvalue weighted by Gasteiger charge is -2.29. The van der Waals surface area contributed by atoms with Crippen molar-refractivity contribution < 1.29 is 4.79 Å². The third-order valence-corrected chi connectivity index (χ3v) is 4.90. The Bertz CT molecular complexity index is 724. The summed E-state index contributed by atoms with van der Waals surface area (Å²) in [5.74, 6) is 0.103. The van der Waals surface area contributed by atoms with Gasteiger partial charge in [0.1, 0.15) is 0 Å². The number of nitrogen functional groups attached to an aromatic ring is 1. The Labute approximate surface area is 143 Å². The smallest absolute Gasteiger partial charge is 0.255 e. The maximum Gasteiger partial charge on any atom is 0.255 e. The van der Waals surface area contributed by atoms with Gasteiger partial charge in [0, 0.05) is 29.9 Å². The molecule has 2 aromatic rings. The van der Waals surface area contributed by atoms with Crippen molar-refractivity contribution in [1.82, 2.24) is 9.80 Å². The molecule has 0 fully saturated rings. The monoisotopic (exact) mass is 323 g/mol. The first kappa shape index (κ1) is 16.5. The average Bonchev–Trinajstić information content (AvgIpc) is 2.89. The summed E-state index contributed by atoms with van der Waals surface area (Å²) < 4.78 is 0. The molecule has 1 heterocycles. The Morgan fingerprint density at radius 1 is 1.00 bits per heavy atom. The Morgan fingerprint density at radius 2 is 1.62 bits per heavy atom. The van der Waals surface area contributed by atoms with E-state index in [1.54, 1.807) is 0 Å². The van der Waals surface area contributed by atoms with Crippen molar-refractivity contribution in [3.63, 3.8) is 0 Å². The minimum atomic E-state index is -0.0922. The zero-order valence-corrected chi connectivity index (χ0v) is 14.4. The fourth-order valence-electron chi connectivity index (χ4n) is 3.49. The van der Waals surface area contributed by atoms with Gasteiger partial charge in [-0.15, -0.1) is 0 Å². The van der Waals surface area contributed by atoms with E-state index in [0.717, 1.165) is 42.0 Å². The number of anilines is 1. The molecule has 0 bridgehead atoms. The molecule has 1 aliphatic rings. The van der Waals surface area contributed by atoms with Crippen LogP contribution in [0, 0.1) is 0 Å². The van der Waals surface area contributed by atoms with Crippen molar-refractivity contribution >= 4 is 11.6 Å². The predicted molar refractivity (Wildman–Crippen MR) is 98.0 cm³/mol. The van der Waals surface area contributed by atoms with Gasteiger partial charge in [-0.05, 0) is 30.8 Å². The fourth-order valence-corrected chi connectivity index (χ4v) is 3.49. The van der Waals surface area contributed by atoms with Crippen LogP contribution >= 0.6 is 0 Å². The number of hydrogen-bond donors (Lipinski definition) is 1. The molecule has 0 aliphatic carbocycles. The van der Waals surface area contributed by atoms with E-state index >= 15 is 0 Å². The molecule has 0 saturated heterocycles. The number of carbonyl (C=O) groups excluding carboxylic acids is 1. The molecule has 1 atom stereocenters. The van der Waals surface area contributed by atoms with Crippen LogP contribution in [0.4, 0.5) is 5.69 Å². The Morgan fingerprint density at radius 3 is 2.29 bits per heavy atom. The quantitative estimate of drug-likeness (QED) is 0.831. The normalized spacial score (nSPS) is 16.7. The third-order valence-electron chi connectivity index (χ3n) is 4.90. The van der Waals surface area contributed by atoms with Crippen LogP contribution in [-0.4, -0.2) is 41.9 Å². The summed E-state index contributed by atoms with van der Waals surface area (Å²) >= 11 is 0. The third kappa shape index (κ3) is 2.89. The van der Waals surface area contributed by atoms with Gasteiger partial charge in [-0.25, -0.2) is 0 Å². The van der Waals surface area contributed by atoms with Crippen molar-refractivity contribution in [2.24, 2.45) is 0 Å². The van der Waals surface area contributed by atoms with E-state index in [2.05, 4.69) is 18.7 Å². The SMILES string of the molecule is CCN(CC)CCN1C(=O)c2ccccc2C1c1ccccc1N. The molecule has 2 aromatic carbocycles. The number of amides is 1. The van der Waals surface area contributed by atoms with E-state index < -0.39 is 0 Å². The van der Waals surface area contributed by atoms with E-state index in [1.165, 1.54) is 0 Å². The van der Waals surface area contributed by atoms with Gasteiger partial charge in [0.25, 0.3) is 5.91 Å². The molecule has 4 nitrogen and oxygen atoms in total. The first-order valence-electron chi connectivity index (χ1n) is 8.64. The lowest BCUT2D eigenvalue weighted by Crippen LogP contribution is -2.37. The summed E-state index contributed by atoms with van der Waals surface area (Å²) in [5.41, 5.74) is 9.82. The molecule has 0 saturated carbocycles. The topological polar surface area (TPSA) is 49.6 Å². The molecule has 4 heteroatoms. The maximum absolute atomic E-state index is 12.9. The number of nitrogens with two attached hydrogens (primary N) is 1. The molecule has 2 N–H and O–H groups in total. The summed E-state index contributed by atoms with van der Waals surface area (Å²) in [5, 5.41) is 0. The average molecular weight is 323 g/mol. The number of likely N-dealkylation sites (N-methyl/N-ethyl adjacent to an activating group) is 1. The highest BCUT2D eigenvalue weighted by molar-refractivity contribution is 6.00. The van der Waals surface area contributed by atoms with Crippen LogP contribution in [0.15, 0.2) is 48.5 Å². The lowest BCUT2D eigenvalue weighted by molar-refractivity contribution is 0.0730. The Hall–Kier alpha value is -2.33. The van der Waals surface area contributed by atoms with Crippen molar-refractivity contribution in [2.45, 2.75) is 19.9 Å². The molecule has 0 aromatic heterocycles. The number of carbonyl (C=O) groups is 1. The minimum absolute atomic E-state index is 0.0922. The highest BCUT2D eigenvalue weighted by atomic mass is 16.2. The highest BCUT2D eigenvalue weighted by Crippen LogP contribution is 2.40. The molecule has 126 valence electrons. The molecular formula is C20H25N3O. The Kier molecular flexibility index (Phi) is 4.86. The minimum Gasteiger partial charge on any atom is -0.398 e. The summed E-state index contributed by atoms with van der Waals surface area (Å²) in [6, 6.07) is 15.6. The second kappa shape index (κ2) is 7.05. The summed E-state index contributed by atoms with van der Waals surface area (Å²) in [4.78, 5) is 17.2. The predicted octanol–water partition coefficient (Wildman–Crippen LogP) is 3.16. The van der Waals surface area contributed by atoms with Gasteiger partial charge in [-0.2, -0.15) is 0 Å². The van der Waals surface area contributed by atoms with Crippen LogP contribution in [-0.2, 0) is 0 Å². The maximum atomic E-state index is 12.9. The lowest BCUT2D eigenvalue weighted by atomic mass is 9.96. The number of rotatable bonds is 6. The molecule has 0 spiro atoms. The molecule has 24 heavy (non-hydrogen) atoms. The summed E-state index contributed by atoms with van der Waals surface area (Å²) in [6.07, 6.45) is 0. The zero-order chi connectivity index (χ0) is 17.1. The van der Waals surface area contributed by atoms with Gasteiger partial charge in [0.2, 0.25) is 0 Å². The van der Waals surface area contributed by atoms with E-state index in [-0.39, 0.29) is 11.9 Å². The molecular weight excluding hydrogens is 298 g/mol. The highest BCUT2D eigenvalue weighted by Gasteiger charge is 2.37. The van der Waals surface area contributed by atoms with E-state index in [1.807, 2.05) is 53.4 Å². The van der Waals surface area contributed by atoms with Crippen molar-refractivity contribution in [1.29, 1.82) is 0 Å². The summed E-state index contributed by atoms with van der Waals surface area (Å²) in [7, 11) is 0. The first-order chi connectivity index (χ1) is 11.7. The van der Waals surface area contributed by atoms with Gasteiger partial charge in [-0.3, -0.25) is 4.79 Å². The summed E-state index contributed by atoms with van der Waals surface area (Å²) in [6.45, 7) is 7.85. The molecule has 0 radical (unpaired) electrons. The van der Waals surface area contributed by atoms with E-state index in [0.29, 0.717) is 6.54 Å². The van der Waals surface area contributed by atoms with Gasteiger partial charge in [0.05, 0.1) is 6.04 Å². The van der Waals surface area contributed by atoms with Crippen LogP contribution in [0.25, 0.3) is 0 Å². The number of fused-ring (bicyclic) bond motifs is 1. The second-order valence-electron chi connectivity index (χ2n) is 6.14. The van der Waals surface area contributed by atoms with Crippen LogP contribution in [0.1, 0.15) is 41.4 Å². The van der Waals surface area contributed by atoms with E-state index in [9.17, 15) is 4.79 Å². The van der Waals surface area contributed by atoms with Crippen LogP contribution in [0.2, 0.25) is 0 Å². The molecule has 1 aliphatic heterocycles. The van der Waals surface area contributed by atoms with Gasteiger partial charge in [-0.1, -0.05) is 50.2 Å². The number of nitrogens with zero attached hydrogens (tertiary/aromatic N) is 2. The first-order valence-corrected chi connectivity index (χ1v) is 8.64. The largest absolute Gasteiger partial charge is 0.398 e. The Balaban J connectivity index is 1.97. The zero-order valence-electron chi connectivity index (χ0n) is 14.4. The van der Waals surface area contributed by atoms with E-state index in [4.69, 9.17) is 5.73 Å². The second-order valence-corrected chi connectivity index (χ2v) is 6.14. The standard InChI is InChI=1S/C20H25N3O/c1-3-22(4-2)13-14-23-19(17-11-7-8-12-18(17)21)15-9-5-6-10-16(15)20(23)24/h5-12,19H,3-4,13-14,21H2,1-2H3. The molecule has 3 rings (SSSR count). The number of para-hydroxylation sites is 1.